The van der Waals surface area contributed by atoms with Gasteiger partial charge in [-0.2, -0.15) is 0 Å². The fourth-order valence-corrected chi connectivity index (χ4v) is 3.47. The van der Waals surface area contributed by atoms with Gasteiger partial charge in [0, 0.05) is 0 Å². The van der Waals surface area contributed by atoms with Gasteiger partial charge in [-0.25, -0.2) is 9.59 Å². The number of methoxy groups -OCH3 is 1. The molecule has 0 bridgehead atoms. The fourth-order valence-electron chi connectivity index (χ4n) is 3.47. The molecule has 2 rings (SSSR count). The molecule has 0 unspecified atom stereocenters. The lowest BCUT2D eigenvalue weighted by molar-refractivity contribution is -0.146. The van der Waals surface area contributed by atoms with Crippen LogP contribution in [0.15, 0.2) is 0 Å². The van der Waals surface area contributed by atoms with E-state index in [4.69, 9.17) is 4.74 Å². The molecule has 25 heavy (non-hydrogen) atoms. The molecule has 8 heteroatoms. The molecular weight excluding hydrogens is 326 g/mol. The summed E-state index contributed by atoms with van der Waals surface area (Å²) in [4.78, 5) is 50.0. The highest BCUT2D eigenvalue weighted by atomic mass is 16.5. The highest BCUT2D eigenvalue weighted by Crippen LogP contribution is 2.33. The van der Waals surface area contributed by atoms with Crippen molar-refractivity contribution in [2.24, 2.45) is 5.92 Å². The lowest BCUT2D eigenvalue weighted by Crippen LogP contribution is -2.51. The van der Waals surface area contributed by atoms with E-state index >= 15 is 0 Å². The number of nitrogens with zero attached hydrogens (tertiary/aromatic N) is 1. The molecule has 0 aromatic carbocycles. The molecule has 1 saturated heterocycles. The summed E-state index contributed by atoms with van der Waals surface area (Å²) >= 11 is 0. The van der Waals surface area contributed by atoms with Crippen LogP contribution < -0.4 is 10.6 Å². The van der Waals surface area contributed by atoms with Crippen molar-refractivity contribution < 1.29 is 23.9 Å². The van der Waals surface area contributed by atoms with Crippen molar-refractivity contribution in [1.82, 2.24) is 15.5 Å². The van der Waals surface area contributed by atoms with Gasteiger partial charge in [-0.1, -0.05) is 39.5 Å². The number of imide groups is 1. The topological polar surface area (TPSA) is 105 Å². The Morgan fingerprint density at radius 1 is 1.28 bits per heavy atom. The third-order valence-corrected chi connectivity index (χ3v) is 5.24. The number of amides is 4. The molecule has 0 radical (unpaired) electrons. The van der Waals surface area contributed by atoms with Gasteiger partial charge < -0.3 is 15.4 Å². The van der Waals surface area contributed by atoms with Crippen LogP contribution in [0.25, 0.3) is 0 Å². The summed E-state index contributed by atoms with van der Waals surface area (Å²) in [6.45, 7) is 3.33. The summed E-state index contributed by atoms with van der Waals surface area (Å²) in [6, 6.07) is -1.34. The number of carbonyl (C=O) groups is 4. The molecule has 4 amide bonds. The van der Waals surface area contributed by atoms with Crippen LogP contribution in [-0.2, 0) is 19.1 Å². The molecule has 2 fully saturated rings. The van der Waals surface area contributed by atoms with Crippen molar-refractivity contribution in [2.75, 3.05) is 13.7 Å². The standard InChI is InChI=1S/C17H27N3O5/c1-4-11(2)13(14(22)25-3)18-12(21)10-20-15(23)17(19-16(20)24)8-6-5-7-9-17/h11,13H,4-10H2,1-3H3,(H,18,21)(H,19,24)/t11-,13+/m1/s1. The Labute approximate surface area is 147 Å². The largest absolute Gasteiger partial charge is 0.467 e. The summed E-state index contributed by atoms with van der Waals surface area (Å²) in [5.74, 6) is -1.55. The van der Waals surface area contributed by atoms with Crippen molar-refractivity contribution in [3.63, 3.8) is 0 Å². The van der Waals surface area contributed by atoms with E-state index in [2.05, 4.69) is 10.6 Å². The zero-order valence-corrected chi connectivity index (χ0v) is 15.1. The molecule has 1 saturated carbocycles. The van der Waals surface area contributed by atoms with Crippen molar-refractivity contribution in [1.29, 1.82) is 0 Å². The Morgan fingerprint density at radius 2 is 1.92 bits per heavy atom. The number of hydrogen-bond donors (Lipinski definition) is 2. The van der Waals surface area contributed by atoms with Gasteiger partial charge in [0.05, 0.1) is 7.11 Å². The van der Waals surface area contributed by atoms with E-state index in [0.717, 1.165) is 24.2 Å². The van der Waals surface area contributed by atoms with E-state index in [-0.39, 0.29) is 11.8 Å². The van der Waals surface area contributed by atoms with Crippen LogP contribution in [0.1, 0.15) is 52.4 Å². The number of rotatable bonds is 6. The Bertz CT molecular complexity index is 556. The minimum Gasteiger partial charge on any atom is -0.467 e. The van der Waals surface area contributed by atoms with E-state index in [9.17, 15) is 19.2 Å². The number of hydrogen-bond acceptors (Lipinski definition) is 5. The van der Waals surface area contributed by atoms with Gasteiger partial charge in [-0.05, 0) is 18.8 Å². The second kappa shape index (κ2) is 7.84. The molecule has 0 aromatic heterocycles. The van der Waals surface area contributed by atoms with Crippen molar-refractivity contribution >= 4 is 23.8 Å². The van der Waals surface area contributed by atoms with Gasteiger partial charge in [0.25, 0.3) is 5.91 Å². The molecule has 1 aliphatic carbocycles. The number of nitrogens with one attached hydrogen (secondary N) is 2. The lowest BCUT2D eigenvalue weighted by Gasteiger charge is -2.30. The minimum atomic E-state index is -0.853. The van der Waals surface area contributed by atoms with Crippen molar-refractivity contribution in [3.05, 3.63) is 0 Å². The average Bonchev–Trinajstić information content (AvgIpc) is 2.83. The second-order valence-corrected chi connectivity index (χ2v) is 6.92. The van der Waals surface area contributed by atoms with E-state index in [1.807, 2.05) is 13.8 Å². The monoisotopic (exact) mass is 353 g/mol. The van der Waals surface area contributed by atoms with Crippen molar-refractivity contribution in [3.8, 4) is 0 Å². The third kappa shape index (κ3) is 3.93. The average molecular weight is 353 g/mol. The van der Waals surface area contributed by atoms with E-state index in [1.54, 1.807) is 0 Å². The van der Waals surface area contributed by atoms with Crippen LogP contribution in [-0.4, -0.2) is 54.0 Å². The maximum absolute atomic E-state index is 12.7. The number of esters is 1. The zero-order valence-electron chi connectivity index (χ0n) is 15.1. The fraction of sp³-hybridized carbons (Fsp3) is 0.765. The van der Waals surface area contributed by atoms with Gasteiger partial charge >= 0.3 is 12.0 Å². The molecule has 0 aromatic rings. The highest BCUT2D eigenvalue weighted by molar-refractivity contribution is 6.09. The normalized spacial score (nSPS) is 21.6. The molecular formula is C17H27N3O5. The van der Waals surface area contributed by atoms with E-state index < -0.39 is 36.0 Å². The van der Waals surface area contributed by atoms with Gasteiger partial charge in [0.1, 0.15) is 18.1 Å². The predicted octanol–water partition coefficient (Wildman–Crippen LogP) is 0.945. The van der Waals surface area contributed by atoms with Gasteiger partial charge in [0.15, 0.2) is 0 Å². The summed E-state index contributed by atoms with van der Waals surface area (Å²) < 4.78 is 4.72. The van der Waals surface area contributed by atoms with E-state index in [1.165, 1.54) is 7.11 Å². The molecule has 1 spiro atoms. The first-order valence-electron chi connectivity index (χ1n) is 8.86. The summed E-state index contributed by atoms with van der Waals surface area (Å²) in [5, 5.41) is 5.35. The predicted molar refractivity (Wildman–Crippen MR) is 89.5 cm³/mol. The molecule has 2 N–H and O–H groups in total. The minimum absolute atomic E-state index is 0.121. The van der Waals surface area contributed by atoms with Crippen LogP contribution in [0, 0.1) is 5.92 Å². The van der Waals surface area contributed by atoms with Crippen LogP contribution >= 0.6 is 0 Å². The van der Waals surface area contributed by atoms with E-state index in [0.29, 0.717) is 19.3 Å². The Hall–Kier alpha value is -2.12. The number of ether oxygens (including phenoxy) is 1. The molecule has 8 nitrogen and oxygen atoms in total. The third-order valence-electron chi connectivity index (χ3n) is 5.24. The van der Waals surface area contributed by atoms with Gasteiger partial charge in [0.2, 0.25) is 5.91 Å². The summed E-state index contributed by atoms with van der Waals surface area (Å²) in [5.41, 5.74) is -0.853. The maximum atomic E-state index is 12.7. The zero-order chi connectivity index (χ0) is 18.6. The SMILES string of the molecule is CC[C@@H](C)[C@H](NC(=O)CN1C(=O)NC2(CCCCC2)C1=O)C(=O)OC. The Kier molecular flexibility index (Phi) is 6.02. The number of carbonyl (C=O) groups excluding carboxylic acids is 4. The molecule has 1 heterocycles. The smallest absolute Gasteiger partial charge is 0.328 e. The molecule has 2 aliphatic rings. The summed E-state index contributed by atoms with van der Waals surface area (Å²) in [7, 11) is 1.26. The summed E-state index contributed by atoms with van der Waals surface area (Å²) in [6.07, 6.45) is 4.68. The first-order chi connectivity index (χ1) is 11.8. The van der Waals surface area contributed by atoms with Gasteiger partial charge in [-0.3, -0.25) is 14.5 Å². The van der Waals surface area contributed by atoms with Gasteiger partial charge in [-0.15, -0.1) is 0 Å². The maximum Gasteiger partial charge on any atom is 0.328 e. The highest BCUT2D eigenvalue weighted by Gasteiger charge is 2.51. The number of urea groups is 1. The lowest BCUT2D eigenvalue weighted by atomic mass is 9.82. The quantitative estimate of drug-likeness (QED) is 0.546. The van der Waals surface area contributed by atoms with Crippen molar-refractivity contribution in [2.45, 2.75) is 64.0 Å². The molecule has 140 valence electrons. The second-order valence-electron chi connectivity index (χ2n) is 6.92. The van der Waals surface area contributed by atoms with Crippen LogP contribution in [0.5, 0.6) is 0 Å². The van der Waals surface area contributed by atoms with Crippen LogP contribution in [0.4, 0.5) is 4.79 Å². The molecule has 2 atom stereocenters. The molecule has 1 aliphatic heterocycles. The Morgan fingerprint density at radius 3 is 2.48 bits per heavy atom. The first kappa shape index (κ1) is 19.2. The first-order valence-corrected chi connectivity index (χ1v) is 8.86. The van der Waals surface area contributed by atoms with Crippen LogP contribution in [0.2, 0.25) is 0 Å². The Balaban J connectivity index is 2.03. The van der Waals surface area contributed by atoms with Crippen LogP contribution in [0.3, 0.4) is 0 Å².